The van der Waals surface area contributed by atoms with Crippen LogP contribution in [-0.4, -0.2) is 95.3 Å². The Balaban J connectivity index is 1.26. The molecule has 2 aliphatic rings. The molecule has 11 nitrogen and oxygen atoms in total. The molecule has 1 N–H and O–H groups in total. The van der Waals surface area contributed by atoms with Crippen LogP contribution in [0.1, 0.15) is 33.6 Å². The molecule has 2 aromatic carbocycles. The molecule has 2 aliphatic heterocycles. The first-order valence-electron chi connectivity index (χ1n) is 11.8. The number of hydrogen-bond donors (Lipinski definition) is 1. The lowest BCUT2D eigenvalue weighted by Gasteiger charge is -2.35. The molecule has 1 fully saturated rings. The Kier molecular flexibility index (Phi) is 7.71. The Labute approximate surface area is 213 Å². The smallest absolute Gasteiger partial charge is 0.326 e. The third-order valence-corrected chi connectivity index (χ3v) is 6.46. The summed E-state index contributed by atoms with van der Waals surface area (Å²) in [6.07, 6.45) is -0.354. The van der Waals surface area contributed by atoms with Gasteiger partial charge in [-0.05, 0) is 42.8 Å². The molecule has 1 saturated heterocycles. The Morgan fingerprint density at radius 3 is 1.86 bits per heavy atom. The summed E-state index contributed by atoms with van der Waals surface area (Å²) in [7, 11) is 1.56. The van der Waals surface area contributed by atoms with Gasteiger partial charge >= 0.3 is 5.97 Å². The molecule has 0 bridgehead atoms. The predicted molar refractivity (Wildman–Crippen MR) is 129 cm³/mol. The van der Waals surface area contributed by atoms with Crippen molar-refractivity contribution < 1.29 is 38.6 Å². The molecule has 0 saturated carbocycles. The van der Waals surface area contributed by atoms with E-state index in [1.807, 2.05) is 0 Å². The van der Waals surface area contributed by atoms with Gasteiger partial charge < -0.3 is 24.4 Å². The molecule has 4 rings (SSSR count). The molecular formula is C26H27N3O8. The summed E-state index contributed by atoms with van der Waals surface area (Å²) in [5, 5.41) is 9.69. The zero-order valence-corrected chi connectivity index (χ0v) is 20.3. The summed E-state index contributed by atoms with van der Waals surface area (Å²) in [5.74, 6) is -2.00. The molecule has 0 unspecified atom stereocenters. The van der Waals surface area contributed by atoms with Crippen molar-refractivity contribution in [1.82, 2.24) is 14.7 Å². The van der Waals surface area contributed by atoms with Gasteiger partial charge in [-0.25, -0.2) is 4.79 Å². The first-order valence-corrected chi connectivity index (χ1v) is 11.8. The van der Waals surface area contributed by atoms with Crippen LogP contribution in [0.4, 0.5) is 0 Å². The average molecular weight is 510 g/mol. The van der Waals surface area contributed by atoms with Gasteiger partial charge in [0.2, 0.25) is 5.91 Å². The van der Waals surface area contributed by atoms with E-state index in [2.05, 4.69) is 0 Å². The zero-order chi connectivity index (χ0) is 26.5. The van der Waals surface area contributed by atoms with E-state index in [1.54, 1.807) is 53.3 Å². The van der Waals surface area contributed by atoms with Crippen molar-refractivity contribution in [2.45, 2.75) is 18.9 Å². The highest BCUT2D eigenvalue weighted by Gasteiger charge is 2.43. The number of nitrogens with zero attached hydrogens (tertiary/aromatic N) is 3. The van der Waals surface area contributed by atoms with Crippen LogP contribution in [0.25, 0.3) is 0 Å². The van der Waals surface area contributed by atoms with E-state index >= 15 is 0 Å². The number of carboxylic acid groups (broad SMARTS) is 1. The minimum Gasteiger partial charge on any atom is -0.497 e. The number of methoxy groups -OCH3 is 1. The van der Waals surface area contributed by atoms with Crippen LogP contribution in [-0.2, 0) is 14.4 Å². The first-order chi connectivity index (χ1) is 17.8. The Hall–Kier alpha value is -4.41. The molecule has 0 spiro atoms. The highest BCUT2D eigenvalue weighted by Crippen LogP contribution is 2.26. The van der Waals surface area contributed by atoms with Gasteiger partial charge in [0.05, 0.1) is 18.2 Å². The summed E-state index contributed by atoms with van der Waals surface area (Å²) in [4.78, 5) is 66.4. The van der Waals surface area contributed by atoms with Crippen molar-refractivity contribution in [1.29, 1.82) is 0 Å². The lowest BCUT2D eigenvalue weighted by molar-refractivity contribution is -0.143. The second-order valence-electron chi connectivity index (χ2n) is 8.64. The van der Waals surface area contributed by atoms with Crippen LogP contribution in [0, 0.1) is 0 Å². The molecule has 0 radical (unpaired) electrons. The van der Waals surface area contributed by atoms with E-state index in [4.69, 9.17) is 9.47 Å². The largest absolute Gasteiger partial charge is 0.497 e. The average Bonchev–Trinajstić information content (AvgIpc) is 3.17. The van der Waals surface area contributed by atoms with Crippen LogP contribution >= 0.6 is 0 Å². The van der Waals surface area contributed by atoms with E-state index < -0.39 is 23.8 Å². The second-order valence-corrected chi connectivity index (χ2v) is 8.64. The van der Waals surface area contributed by atoms with Crippen LogP contribution in [0.3, 0.4) is 0 Å². The topological polar surface area (TPSA) is 134 Å². The maximum atomic E-state index is 12.8. The van der Waals surface area contributed by atoms with Gasteiger partial charge in [-0.3, -0.25) is 24.1 Å². The van der Waals surface area contributed by atoms with Crippen LogP contribution in [0.2, 0.25) is 0 Å². The van der Waals surface area contributed by atoms with E-state index in [0.717, 1.165) is 4.90 Å². The summed E-state index contributed by atoms with van der Waals surface area (Å²) in [6.45, 7) is 1.07. The van der Waals surface area contributed by atoms with Crippen molar-refractivity contribution in [3.63, 3.8) is 0 Å². The second kappa shape index (κ2) is 11.1. The first kappa shape index (κ1) is 25.7. The van der Waals surface area contributed by atoms with Crippen molar-refractivity contribution in [3.05, 3.63) is 59.7 Å². The molecule has 4 amide bonds. The van der Waals surface area contributed by atoms with Gasteiger partial charge in [-0.1, -0.05) is 12.1 Å². The van der Waals surface area contributed by atoms with Gasteiger partial charge in [0, 0.05) is 32.6 Å². The van der Waals surface area contributed by atoms with Gasteiger partial charge in [0.15, 0.2) is 6.61 Å². The maximum Gasteiger partial charge on any atom is 0.326 e. The van der Waals surface area contributed by atoms with Crippen molar-refractivity contribution in [2.75, 3.05) is 39.9 Å². The molecular weight excluding hydrogens is 482 g/mol. The zero-order valence-electron chi connectivity index (χ0n) is 20.3. The molecule has 194 valence electrons. The number of carbonyl (C=O) groups is 5. The highest BCUT2D eigenvalue weighted by atomic mass is 16.5. The molecule has 1 atom stereocenters. The van der Waals surface area contributed by atoms with E-state index in [-0.39, 0.29) is 55.5 Å². The summed E-state index contributed by atoms with van der Waals surface area (Å²) >= 11 is 0. The van der Waals surface area contributed by atoms with Gasteiger partial charge in [-0.15, -0.1) is 0 Å². The summed E-state index contributed by atoms with van der Waals surface area (Å²) in [6, 6.07) is 11.6. The van der Waals surface area contributed by atoms with Gasteiger partial charge in [0.1, 0.15) is 17.5 Å². The molecule has 2 aromatic rings. The Bertz CT molecular complexity index is 1170. The molecule has 0 aliphatic carbocycles. The number of ether oxygens (including phenoxy) is 2. The number of piperazine rings is 1. The fourth-order valence-corrected chi connectivity index (χ4v) is 4.39. The number of fused-ring (bicyclic) bond motifs is 1. The number of imide groups is 1. The van der Waals surface area contributed by atoms with E-state index in [0.29, 0.717) is 24.6 Å². The molecule has 2 heterocycles. The van der Waals surface area contributed by atoms with E-state index in [9.17, 15) is 29.1 Å². The van der Waals surface area contributed by atoms with Crippen molar-refractivity contribution >= 4 is 29.6 Å². The van der Waals surface area contributed by atoms with Gasteiger partial charge in [-0.2, -0.15) is 0 Å². The number of amides is 4. The fraction of sp³-hybridized carbons (Fsp3) is 0.346. The Morgan fingerprint density at radius 2 is 1.35 bits per heavy atom. The third-order valence-electron chi connectivity index (χ3n) is 6.46. The van der Waals surface area contributed by atoms with Crippen molar-refractivity contribution in [2.24, 2.45) is 0 Å². The molecule has 11 heteroatoms. The Morgan fingerprint density at radius 1 is 0.838 bits per heavy atom. The SMILES string of the molecule is COc1ccc(OCC(=O)N2CCN(C(=O)CC[C@@H](C(=O)O)N3C(=O)c4ccccc4C3=O)CC2)cc1. The quantitative estimate of drug-likeness (QED) is 0.500. The lowest BCUT2D eigenvalue weighted by Crippen LogP contribution is -2.52. The number of aliphatic carboxylic acids is 1. The highest BCUT2D eigenvalue weighted by molar-refractivity contribution is 6.22. The minimum atomic E-state index is -1.45. The minimum absolute atomic E-state index is 0.138. The fourth-order valence-electron chi connectivity index (χ4n) is 4.39. The summed E-state index contributed by atoms with van der Waals surface area (Å²) < 4.78 is 10.6. The predicted octanol–water partition coefficient (Wildman–Crippen LogP) is 1.27. The maximum absolute atomic E-state index is 12.8. The molecule has 37 heavy (non-hydrogen) atoms. The van der Waals surface area contributed by atoms with Gasteiger partial charge in [0.25, 0.3) is 17.7 Å². The number of rotatable bonds is 9. The van der Waals surface area contributed by atoms with Crippen molar-refractivity contribution in [3.8, 4) is 11.5 Å². The van der Waals surface area contributed by atoms with Crippen LogP contribution < -0.4 is 9.47 Å². The number of benzene rings is 2. The van der Waals surface area contributed by atoms with Crippen LogP contribution in [0.5, 0.6) is 11.5 Å². The number of hydrogen-bond acceptors (Lipinski definition) is 7. The van der Waals surface area contributed by atoms with E-state index in [1.165, 1.54) is 12.1 Å². The van der Waals surface area contributed by atoms with Crippen LogP contribution in [0.15, 0.2) is 48.5 Å². The third kappa shape index (κ3) is 5.55. The number of carbonyl (C=O) groups excluding carboxylic acids is 4. The summed E-state index contributed by atoms with van der Waals surface area (Å²) in [5.41, 5.74) is 0.309. The normalized spacial score (nSPS) is 15.9. The monoisotopic (exact) mass is 509 g/mol. The lowest BCUT2D eigenvalue weighted by atomic mass is 10.1. The molecule has 0 aromatic heterocycles. The standard InChI is InChI=1S/C26H27N3O8/c1-36-17-6-8-18(9-7-17)37-16-23(31)28-14-12-27(13-15-28)22(30)11-10-21(26(34)35)29-24(32)19-4-2-3-5-20(19)25(29)33/h2-9,21H,10-16H2,1H3,(H,34,35)/t21-/m0/s1. The number of carboxylic acids is 1.